The minimum absolute atomic E-state index is 0.00972. The lowest BCUT2D eigenvalue weighted by Gasteiger charge is -2.23. The first-order valence-electron chi connectivity index (χ1n) is 10.6. The predicted molar refractivity (Wildman–Crippen MR) is 117 cm³/mol. The Morgan fingerprint density at radius 2 is 1.74 bits per heavy atom. The average Bonchev–Trinajstić information content (AvgIpc) is 3.27. The van der Waals surface area contributed by atoms with Crippen LogP contribution in [-0.4, -0.2) is 16.8 Å². The fourth-order valence-corrected chi connectivity index (χ4v) is 4.70. The molecule has 0 radical (unpaired) electrons. The molecule has 1 aromatic heterocycles. The summed E-state index contributed by atoms with van der Waals surface area (Å²) in [5.74, 6) is -0.319. The number of rotatable bonds is 3. The molecule has 158 valence electrons. The zero-order valence-corrected chi connectivity index (χ0v) is 17.9. The molecule has 1 aliphatic heterocycles. The van der Waals surface area contributed by atoms with Gasteiger partial charge in [-0.3, -0.25) is 9.69 Å². The van der Waals surface area contributed by atoms with Gasteiger partial charge < -0.3 is 9.73 Å². The third kappa shape index (κ3) is 3.05. The van der Waals surface area contributed by atoms with Crippen LogP contribution in [0.2, 0.25) is 0 Å². The maximum absolute atomic E-state index is 13.4. The van der Waals surface area contributed by atoms with E-state index in [0.29, 0.717) is 11.1 Å². The van der Waals surface area contributed by atoms with Crippen LogP contribution >= 0.6 is 0 Å². The normalized spacial score (nSPS) is 20.4. The Balaban J connectivity index is 1.53. The van der Waals surface area contributed by atoms with Crippen molar-refractivity contribution in [2.45, 2.75) is 52.1 Å². The Kier molecular flexibility index (Phi) is 4.29. The maximum Gasteiger partial charge on any atom is 0.336 e. The number of carbonyl (C=O) groups excluding carboxylic acids is 2. The Bertz CT molecular complexity index is 1320. The summed E-state index contributed by atoms with van der Waals surface area (Å²) in [5, 5.41) is 3.61. The molecule has 6 nitrogen and oxygen atoms in total. The molecule has 1 saturated heterocycles. The van der Waals surface area contributed by atoms with Crippen LogP contribution in [0.4, 0.5) is 4.79 Å². The largest absolute Gasteiger partial charge is 0.423 e. The highest BCUT2D eigenvalue weighted by Gasteiger charge is 2.49. The lowest BCUT2D eigenvalue weighted by Crippen LogP contribution is -2.41. The molecule has 2 aromatic carbocycles. The van der Waals surface area contributed by atoms with Gasteiger partial charge in [0, 0.05) is 11.5 Å². The molecule has 0 spiro atoms. The number of benzene rings is 2. The first-order chi connectivity index (χ1) is 14.8. The SMILES string of the molecule is Cc1cc2oc(=O)cc(CN3C(=O)N[C@@](C)(c4ccc5c(c4)CCC5)C3=O)c2cc1C. The van der Waals surface area contributed by atoms with Gasteiger partial charge in [0.15, 0.2) is 0 Å². The molecule has 1 N–H and O–H groups in total. The van der Waals surface area contributed by atoms with Gasteiger partial charge in [0.1, 0.15) is 11.1 Å². The van der Waals surface area contributed by atoms with Crippen molar-refractivity contribution in [1.82, 2.24) is 10.2 Å². The number of hydrogen-bond donors (Lipinski definition) is 1. The number of hydrogen-bond acceptors (Lipinski definition) is 4. The molecule has 3 aromatic rings. The van der Waals surface area contributed by atoms with Crippen molar-refractivity contribution in [3.05, 3.63) is 80.2 Å². The Morgan fingerprint density at radius 1 is 1.00 bits per heavy atom. The summed E-state index contributed by atoms with van der Waals surface area (Å²) >= 11 is 0. The van der Waals surface area contributed by atoms with Gasteiger partial charge in [-0.25, -0.2) is 9.59 Å². The fourth-order valence-electron chi connectivity index (χ4n) is 4.70. The van der Waals surface area contributed by atoms with Crippen molar-refractivity contribution in [3.8, 4) is 0 Å². The molecular formula is C25H24N2O4. The van der Waals surface area contributed by atoms with Crippen molar-refractivity contribution in [2.24, 2.45) is 0 Å². The number of fused-ring (bicyclic) bond motifs is 2. The van der Waals surface area contributed by atoms with Crippen molar-refractivity contribution in [2.75, 3.05) is 0 Å². The standard InChI is InChI=1S/C25H24N2O4/c1-14-9-20-18(12-22(28)31-21(20)10-15(14)2)13-27-23(29)25(3,26-24(27)30)19-8-7-16-5-4-6-17(16)11-19/h7-12H,4-6,13H2,1-3H3,(H,26,30)/t25-/m0/s1. The second-order valence-electron chi connectivity index (χ2n) is 8.81. The average molecular weight is 416 g/mol. The van der Waals surface area contributed by atoms with E-state index in [-0.39, 0.29) is 12.5 Å². The molecule has 31 heavy (non-hydrogen) atoms. The molecule has 0 saturated carbocycles. The molecule has 6 heteroatoms. The highest BCUT2D eigenvalue weighted by Crippen LogP contribution is 2.34. The van der Waals surface area contributed by atoms with Crippen molar-refractivity contribution in [3.63, 3.8) is 0 Å². The number of aryl methyl sites for hydroxylation is 4. The molecule has 1 fully saturated rings. The monoisotopic (exact) mass is 416 g/mol. The van der Waals surface area contributed by atoms with E-state index in [9.17, 15) is 14.4 Å². The van der Waals surface area contributed by atoms with Crippen LogP contribution in [0.15, 0.2) is 45.6 Å². The van der Waals surface area contributed by atoms with Gasteiger partial charge >= 0.3 is 11.7 Å². The van der Waals surface area contributed by atoms with E-state index in [1.807, 2.05) is 38.1 Å². The van der Waals surface area contributed by atoms with E-state index in [1.165, 1.54) is 22.1 Å². The quantitative estimate of drug-likeness (QED) is 0.519. The summed E-state index contributed by atoms with van der Waals surface area (Å²) < 4.78 is 5.35. The van der Waals surface area contributed by atoms with Crippen molar-refractivity contribution in [1.29, 1.82) is 0 Å². The third-order valence-electron chi connectivity index (χ3n) is 6.72. The summed E-state index contributed by atoms with van der Waals surface area (Å²) in [6.07, 6.45) is 3.17. The Hall–Kier alpha value is -3.41. The summed E-state index contributed by atoms with van der Waals surface area (Å²) in [6.45, 7) is 5.67. The molecule has 2 aliphatic rings. The Morgan fingerprint density at radius 3 is 2.55 bits per heavy atom. The molecule has 1 aliphatic carbocycles. The minimum atomic E-state index is -1.13. The summed E-state index contributed by atoms with van der Waals surface area (Å²) in [4.78, 5) is 39.6. The highest BCUT2D eigenvalue weighted by atomic mass is 16.4. The van der Waals surface area contributed by atoms with Crippen LogP contribution < -0.4 is 10.9 Å². The highest BCUT2D eigenvalue weighted by molar-refractivity contribution is 6.07. The van der Waals surface area contributed by atoms with E-state index in [2.05, 4.69) is 11.4 Å². The summed E-state index contributed by atoms with van der Waals surface area (Å²) in [5.41, 5.74) is 4.82. The van der Waals surface area contributed by atoms with Crippen LogP contribution in [0.1, 0.15) is 46.7 Å². The number of amides is 3. The first-order valence-corrected chi connectivity index (χ1v) is 10.6. The molecular weight excluding hydrogens is 392 g/mol. The van der Waals surface area contributed by atoms with Gasteiger partial charge in [-0.1, -0.05) is 18.2 Å². The van der Waals surface area contributed by atoms with Crippen LogP contribution in [0.3, 0.4) is 0 Å². The van der Waals surface area contributed by atoms with E-state index in [4.69, 9.17) is 4.42 Å². The van der Waals surface area contributed by atoms with E-state index < -0.39 is 17.2 Å². The second-order valence-corrected chi connectivity index (χ2v) is 8.81. The Labute approximate surface area is 179 Å². The fraction of sp³-hybridized carbons (Fsp3) is 0.320. The van der Waals surface area contributed by atoms with Gasteiger partial charge in [0.25, 0.3) is 5.91 Å². The molecule has 5 rings (SSSR count). The van der Waals surface area contributed by atoms with Crippen LogP contribution in [0.25, 0.3) is 11.0 Å². The van der Waals surface area contributed by atoms with Gasteiger partial charge in [-0.15, -0.1) is 0 Å². The molecule has 3 amide bonds. The van der Waals surface area contributed by atoms with Gasteiger partial charge in [-0.05, 0) is 85.5 Å². The lowest BCUT2D eigenvalue weighted by molar-refractivity contribution is -0.131. The molecule has 1 atom stereocenters. The molecule has 0 unspecified atom stereocenters. The van der Waals surface area contributed by atoms with Crippen LogP contribution in [-0.2, 0) is 29.7 Å². The first kappa shape index (κ1) is 19.5. The third-order valence-corrected chi connectivity index (χ3v) is 6.72. The number of imide groups is 1. The predicted octanol–water partition coefficient (Wildman–Crippen LogP) is 3.87. The second kappa shape index (κ2) is 6.80. The molecule has 0 bridgehead atoms. The maximum atomic E-state index is 13.4. The van der Waals surface area contributed by atoms with Crippen LogP contribution in [0.5, 0.6) is 0 Å². The van der Waals surface area contributed by atoms with Gasteiger partial charge in [0.05, 0.1) is 6.54 Å². The number of nitrogens with one attached hydrogen (secondary N) is 1. The number of carbonyl (C=O) groups is 2. The van der Waals surface area contributed by atoms with E-state index >= 15 is 0 Å². The van der Waals surface area contributed by atoms with E-state index in [0.717, 1.165) is 41.3 Å². The summed E-state index contributed by atoms with van der Waals surface area (Å²) in [6, 6.07) is 10.7. The lowest BCUT2D eigenvalue weighted by atomic mass is 9.89. The topological polar surface area (TPSA) is 79.6 Å². The number of urea groups is 1. The number of nitrogens with zero attached hydrogens (tertiary/aromatic N) is 1. The summed E-state index contributed by atoms with van der Waals surface area (Å²) in [7, 11) is 0. The van der Waals surface area contributed by atoms with Gasteiger partial charge in [-0.2, -0.15) is 0 Å². The zero-order valence-electron chi connectivity index (χ0n) is 17.9. The molecule has 2 heterocycles. The van der Waals surface area contributed by atoms with Crippen LogP contribution in [0, 0.1) is 13.8 Å². The minimum Gasteiger partial charge on any atom is -0.423 e. The van der Waals surface area contributed by atoms with E-state index in [1.54, 1.807) is 6.92 Å². The zero-order chi connectivity index (χ0) is 21.9. The van der Waals surface area contributed by atoms with Crippen molar-refractivity contribution >= 4 is 22.9 Å². The van der Waals surface area contributed by atoms with Crippen molar-refractivity contribution < 1.29 is 14.0 Å². The smallest absolute Gasteiger partial charge is 0.336 e. The van der Waals surface area contributed by atoms with Gasteiger partial charge in [0.2, 0.25) is 0 Å².